The van der Waals surface area contributed by atoms with Gasteiger partial charge in [-0.05, 0) is 81.0 Å². The Morgan fingerprint density at radius 1 is 1.05 bits per heavy atom. The van der Waals surface area contributed by atoms with Crippen molar-refractivity contribution in [3.63, 3.8) is 0 Å². The van der Waals surface area contributed by atoms with Crippen LogP contribution in [0.1, 0.15) is 50.7 Å². The van der Waals surface area contributed by atoms with E-state index in [1.807, 2.05) is 56.3 Å². The summed E-state index contributed by atoms with van der Waals surface area (Å²) in [6, 6.07) is 13.2. The van der Waals surface area contributed by atoms with Crippen LogP contribution in [0.25, 0.3) is 6.08 Å². The first kappa shape index (κ1) is 27.4. The van der Waals surface area contributed by atoms with E-state index in [0.29, 0.717) is 37.7 Å². The van der Waals surface area contributed by atoms with Crippen molar-refractivity contribution in [1.82, 2.24) is 10.2 Å². The van der Waals surface area contributed by atoms with Gasteiger partial charge in [0.15, 0.2) is 17.3 Å². The Hall–Kier alpha value is -3.68. The Morgan fingerprint density at radius 2 is 1.79 bits per heavy atom. The fraction of sp³-hybridized carbons (Fsp3) is 0.467. The lowest BCUT2D eigenvalue weighted by Gasteiger charge is -2.44. The zero-order valence-corrected chi connectivity index (χ0v) is 22.5. The molecule has 1 saturated heterocycles. The van der Waals surface area contributed by atoms with E-state index in [9.17, 15) is 9.59 Å². The van der Waals surface area contributed by atoms with Gasteiger partial charge in [0.25, 0.3) is 5.91 Å². The topological polar surface area (TPSA) is 86.3 Å². The molecule has 0 radical (unpaired) electrons. The second-order valence-corrected chi connectivity index (χ2v) is 9.47. The average Bonchev–Trinajstić information content (AvgIpc) is 2.93. The molecule has 0 aromatic heterocycles. The van der Waals surface area contributed by atoms with E-state index in [-0.39, 0.29) is 36.3 Å². The molecule has 8 heteroatoms. The van der Waals surface area contributed by atoms with Crippen LogP contribution in [0.5, 0.6) is 17.2 Å². The minimum atomic E-state index is -0.244. The Balaban J connectivity index is 1.39. The molecule has 2 aromatic rings. The molecule has 8 nitrogen and oxygen atoms in total. The van der Waals surface area contributed by atoms with Gasteiger partial charge in [-0.3, -0.25) is 9.59 Å². The van der Waals surface area contributed by atoms with Crippen LogP contribution in [0.2, 0.25) is 0 Å². The molecular weight excluding hydrogens is 484 g/mol. The number of benzene rings is 2. The minimum absolute atomic E-state index is 0.0107. The fourth-order valence-electron chi connectivity index (χ4n) is 5.02. The summed E-state index contributed by atoms with van der Waals surface area (Å²) in [5.41, 5.74) is 1.88. The maximum absolute atomic E-state index is 13.4. The number of amides is 2. The van der Waals surface area contributed by atoms with Crippen molar-refractivity contribution in [2.24, 2.45) is 0 Å². The van der Waals surface area contributed by atoms with Crippen LogP contribution in [-0.2, 0) is 20.7 Å². The maximum Gasteiger partial charge on any atom is 0.289 e. The minimum Gasteiger partial charge on any atom is -0.497 e. The smallest absolute Gasteiger partial charge is 0.289 e. The molecule has 2 aliphatic rings. The lowest BCUT2D eigenvalue weighted by molar-refractivity contribution is -0.151. The van der Waals surface area contributed by atoms with Crippen LogP contribution >= 0.6 is 0 Å². The molecule has 2 unspecified atom stereocenters. The molecule has 1 aliphatic carbocycles. The predicted molar refractivity (Wildman–Crippen MR) is 145 cm³/mol. The van der Waals surface area contributed by atoms with Crippen molar-refractivity contribution < 1.29 is 28.5 Å². The summed E-state index contributed by atoms with van der Waals surface area (Å²) < 4.78 is 22.7. The summed E-state index contributed by atoms with van der Waals surface area (Å²) in [4.78, 5) is 28.1. The lowest BCUT2D eigenvalue weighted by atomic mass is 9.89. The molecule has 2 aromatic carbocycles. The van der Waals surface area contributed by atoms with Gasteiger partial charge in [0.2, 0.25) is 5.91 Å². The molecule has 2 atom stereocenters. The Kier molecular flexibility index (Phi) is 9.51. The number of fused-ring (bicyclic) bond motifs is 1. The third-order valence-corrected chi connectivity index (χ3v) is 6.89. The molecule has 1 aliphatic heterocycles. The molecule has 38 heavy (non-hydrogen) atoms. The van der Waals surface area contributed by atoms with Crippen molar-refractivity contribution in [1.29, 1.82) is 0 Å². The highest BCUT2D eigenvalue weighted by molar-refractivity contribution is 5.98. The molecule has 1 heterocycles. The molecule has 2 fully saturated rings. The molecule has 0 bridgehead atoms. The summed E-state index contributed by atoms with van der Waals surface area (Å²) in [7, 11) is 1.61. The van der Waals surface area contributed by atoms with Crippen LogP contribution in [-0.4, -0.2) is 62.3 Å². The standard InChI is InChI=1S/C30H38N2O6/c1-4-36-26-15-12-22(18-27(26)37-5-2)16-17-31-29(33)20-32-24-8-6-7-9-25(24)38-28(30(32)34)19-21-10-13-23(35-3)14-11-21/h10-15,18-19,24-25H,4-9,16-17,20H2,1-3H3,(H,31,33)/b28-19-. The van der Waals surface area contributed by atoms with Crippen LogP contribution in [0.3, 0.4) is 0 Å². The summed E-state index contributed by atoms with van der Waals surface area (Å²) in [6.07, 6.45) is 6.08. The number of methoxy groups -OCH3 is 1. The SMILES string of the molecule is CCOc1ccc(CCNC(=O)CN2C(=O)/C(=C/c3ccc(OC)cc3)OC3CCCCC32)cc1OCC. The number of carbonyl (C=O) groups is 2. The molecule has 204 valence electrons. The molecule has 0 spiro atoms. The van der Waals surface area contributed by atoms with E-state index in [1.54, 1.807) is 18.1 Å². The van der Waals surface area contributed by atoms with Crippen LogP contribution in [0, 0.1) is 0 Å². The average molecular weight is 523 g/mol. The highest BCUT2D eigenvalue weighted by Crippen LogP contribution is 2.33. The Bertz CT molecular complexity index is 1130. The molecule has 4 rings (SSSR count). The molecule has 2 amide bonds. The Morgan fingerprint density at radius 3 is 2.53 bits per heavy atom. The normalized spacial score (nSPS) is 19.9. The number of hydrogen-bond acceptors (Lipinski definition) is 6. The highest BCUT2D eigenvalue weighted by Gasteiger charge is 2.42. The van der Waals surface area contributed by atoms with E-state index in [2.05, 4.69) is 5.32 Å². The van der Waals surface area contributed by atoms with E-state index in [1.165, 1.54) is 0 Å². The van der Waals surface area contributed by atoms with Crippen molar-refractivity contribution >= 4 is 17.9 Å². The largest absolute Gasteiger partial charge is 0.497 e. The predicted octanol–water partition coefficient (Wildman–Crippen LogP) is 4.36. The quantitative estimate of drug-likeness (QED) is 0.442. The molecular formula is C30H38N2O6. The zero-order valence-electron chi connectivity index (χ0n) is 22.5. The van der Waals surface area contributed by atoms with Crippen LogP contribution in [0.15, 0.2) is 48.2 Å². The second kappa shape index (κ2) is 13.2. The van der Waals surface area contributed by atoms with Crippen LogP contribution in [0.4, 0.5) is 0 Å². The number of morpholine rings is 1. The third kappa shape index (κ3) is 6.79. The third-order valence-electron chi connectivity index (χ3n) is 6.89. The second-order valence-electron chi connectivity index (χ2n) is 9.47. The van der Waals surface area contributed by atoms with E-state index < -0.39 is 0 Å². The maximum atomic E-state index is 13.4. The molecule has 1 saturated carbocycles. The van der Waals surface area contributed by atoms with E-state index in [4.69, 9.17) is 18.9 Å². The van der Waals surface area contributed by atoms with Crippen LogP contribution < -0.4 is 19.5 Å². The van der Waals surface area contributed by atoms with Gasteiger partial charge in [0, 0.05) is 6.54 Å². The van der Waals surface area contributed by atoms with E-state index in [0.717, 1.165) is 42.6 Å². The van der Waals surface area contributed by atoms with Gasteiger partial charge in [-0.25, -0.2) is 0 Å². The number of carbonyl (C=O) groups excluding carboxylic acids is 2. The van der Waals surface area contributed by atoms with Crippen molar-refractivity contribution in [3.8, 4) is 17.2 Å². The summed E-state index contributed by atoms with van der Waals surface area (Å²) in [5.74, 6) is 2.03. The van der Waals surface area contributed by atoms with Gasteiger partial charge in [0.1, 0.15) is 18.4 Å². The van der Waals surface area contributed by atoms with Crippen molar-refractivity contribution in [3.05, 3.63) is 59.4 Å². The number of hydrogen-bond donors (Lipinski definition) is 1. The van der Waals surface area contributed by atoms with Gasteiger partial charge in [-0.1, -0.05) is 24.6 Å². The zero-order chi connectivity index (χ0) is 26.9. The Labute approximate surface area is 224 Å². The van der Waals surface area contributed by atoms with E-state index >= 15 is 0 Å². The number of rotatable bonds is 11. The first-order valence-electron chi connectivity index (χ1n) is 13.5. The van der Waals surface area contributed by atoms with Crippen molar-refractivity contribution in [2.75, 3.05) is 33.4 Å². The highest BCUT2D eigenvalue weighted by atomic mass is 16.5. The fourth-order valence-corrected chi connectivity index (χ4v) is 5.02. The molecule has 1 N–H and O–H groups in total. The number of nitrogens with zero attached hydrogens (tertiary/aromatic N) is 1. The van der Waals surface area contributed by atoms with Gasteiger partial charge in [-0.15, -0.1) is 0 Å². The summed E-state index contributed by atoms with van der Waals surface area (Å²) in [6.45, 7) is 5.45. The van der Waals surface area contributed by atoms with Crippen molar-refractivity contribution in [2.45, 2.75) is 58.1 Å². The van der Waals surface area contributed by atoms with Gasteiger partial charge in [-0.2, -0.15) is 0 Å². The summed E-state index contributed by atoms with van der Waals surface area (Å²) >= 11 is 0. The van der Waals surface area contributed by atoms with Gasteiger partial charge < -0.3 is 29.2 Å². The lowest BCUT2D eigenvalue weighted by Crippen LogP contribution is -2.57. The summed E-state index contributed by atoms with van der Waals surface area (Å²) in [5, 5.41) is 2.98. The monoisotopic (exact) mass is 522 g/mol. The first-order chi connectivity index (χ1) is 18.5. The number of ether oxygens (including phenoxy) is 4. The van der Waals surface area contributed by atoms with Gasteiger partial charge in [0.05, 0.1) is 26.4 Å². The first-order valence-corrected chi connectivity index (χ1v) is 13.5. The number of nitrogens with one attached hydrogen (secondary N) is 1. The van der Waals surface area contributed by atoms with Gasteiger partial charge >= 0.3 is 0 Å².